The zero-order chi connectivity index (χ0) is 27.9. The van der Waals surface area contributed by atoms with Gasteiger partial charge in [0, 0.05) is 16.7 Å². The number of amides is 1. The summed E-state index contributed by atoms with van der Waals surface area (Å²) in [5.41, 5.74) is 3.39. The van der Waals surface area contributed by atoms with Crippen molar-refractivity contribution in [1.29, 1.82) is 0 Å². The molecule has 0 radical (unpaired) electrons. The van der Waals surface area contributed by atoms with Gasteiger partial charge in [-0.1, -0.05) is 74.5 Å². The molecule has 0 bridgehead atoms. The molecule has 3 aromatic rings. The van der Waals surface area contributed by atoms with E-state index in [9.17, 15) is 19.8 Å². The van der Waals surface area contributed by atoms with Crippen molar-refractivity contribution in [1.82, 2.24) is 4.90 Å². The van der Waals surface area contributed by atoms with Crippen LogP contribution in [0.4, 0.5) is 4.79 Å². The second-order valence-corrected chi connectivity index (χ2v) is 12.1. The smallest absolute Gasteiger partial charge is 0.410 e. The number of carboxylic acid groups (broad SMARTS) is 1. The van der Waals surface area contributed by atoms with Gasteiger partial charge >= 0.3 is 12.1 Å². The number of carbonyl (C=O) groups is 2. The third kappa shape index (κ3) is 8.64. The number of aliphatic hydroxyl groups is 1. The number of thioether (sulfide) groups is 1. The molecule has 3 rings (SSSR count). The monoisotopic (exact) mass is 535 g/mol. The number of nitrogens with zero attached hydrogens (tertiary/aromatic N) is 1. The molecule has 0 saturated heterocycles. The Bertz CT molecular complexity index is 1220. The lowest BCUT2D eigenvalue weighted by Gasteiger charge is -2.29. The molecule has 0 fully saturated rings. The predicted octanol–water partition coefficient (Wildman–Crippen LogP) is 7.07. The predicted molar refractivity (Wildman–Crippen MR) is 153 cm³/mol. The molecule has 0 saturated carbocycles. The highest BCUT2D eigenvalue weighted by Gasteiger charge is 2.24. The first-order valence-electron chi connectivity index (χ1n) is 12.8. The number of aliphatic hydroxyl groups excluding tert-OH is 1. The highest BCUT2D eigenvalue weighted by molar-refractivity contribution is 8.00. The minimum absolute atomic E-state index is 0.128. The topological polar surface area (TPSA) is 87.1 Å². The molecule has 0 heterocycles. The van der Waals surface area contributed by atoms with Crippen molar-refractivity contribution in [2.75, 3.05) is 13.1 Å². The minimum Gasteiger partial charge on any atom is -0.478 e. The van der Waals surface area contributed by atoms with Gasteiger partial charge in [-0.3, -0.25) is 0 Å². The number of carboxylic acids is 1. The molecular formula is C31H37NO5S. The van der Waals surface area contributed by atoms with Gasteiger partial charge in [-0.25, -0.2) is 9.59 Å². The van der Waals surface area contributed by atoms with Crippen molar-refractivity contribution < 1.29 is 24.5 Å². The normalized spacial score (nSPS) is 12.3. The maximum absolute atomic E-state index is 12.9. The summed E-state index contributed by atoms with van der Waals surface area (Å²) in [6.07, 6.45) is -0.691. The Morgan fingerprint density at radius 3 is 2.16 bits per heavy atom. The van der Waals surface area contributed by atoms with Crippen LogP contribution in [0.1, 0.15) is 62.2 Å². The molecule has 2 N–H and O–H groups in total. The highest BCUT2D eigenvalue weighted by atomic mass is 32.2. The molecule has 1 atom stereocenters. The second kappa shape index (κ2) is 13.0. The molecule has 6 nitrogen and oxygen atoms in total. The first-order chi connectivity index (χ1) is 17.9. The highest BCUT2D eigenvalue weighted by Crippen LogP contribution is 2.32. The maximum atomic E-state index is 12.9. The Morgan fingerprint density at radius 2 is 1.58 bits per heavy atom. The summed E-state index contributed by atoms with van der Waals surface area (Å²) in [7, 11) is 0. The molecule has 0 unspecified atom stereocenters. The van der Waals surface area contributed by atoms with Gasteiger partial charge in [-0.05, 0) is 61.6 Å². The van der Waals surface area contributed by atoms with Crippen LogP contribution in [0.25, 0.3) is 11.1 Å². The number of aromatic carboxylic acids is 1. The zero-order valence-electron chi connectivity index (χ0n) is 22.7. The van der Waals surface area contributed by atoms with E-state index < -0.39 is 23.8 Å². The molecule has 1 amide bonds. The van der Waals surface area contributed by atoms with E-state index in [1.807, 2.05) is 101 Å². The maximum Gasteiger partial charge on any atom is 0.410 e. The molecule has 0 aliphatic heterocycles. The number of carbonyl (C=O) groups excluding carboxylic acids is 1. The van der Waals surface area contributed by atoms with E-state index in [4.69, 9.17) is 4.74 Å². The first kappa shape index (κ1) is 29.3. The Labute approximate surface area is 229 Å². The van der Waals surface area contributed by atoms with E-state index in [-0.39, 0.29) is 11.8 Å². The van der Waals surface area contributed by atoms with Gasteiger partial charge in [0.15, 0.2) is 0 Å². The Balaban J connectivity index is 1.74. The molecule has 38 heavy (non-hydrogen) atoms. The lowest BCUT2D eigenvalue weighted by molar-refractivity contribution is 0.0147. The summed E-state index contributed by atoms with van der Waals surface area (Å²) in [5, 5.41) is 20.5. The lowest BCUT2D eigenvalue weighted by atomic mass is 10.0. The summed E-state index contributed by atoms with van der Waals surface area (Å²) in [6, 6.07) is 22.7. The van der Waals surface area contributed by atoms with Crippen molar-refractivity contribution in [3.63, 3.8) is 0 Å². The van der Waals surface area contributed by atoms with Crippen molar-refractivity contribution in [2.24, 2.45) is 0 Å². The van der Waals surface area contributed by atoms with Crippen LogP contribution in [0.15, 0.2) is 77.7 Å². The van der Waals surface area contributed by atoms with E-state index in [1.165, 1.54) is 11.8 Å². The van der Waals surface area contributed by atoms with E-state index >= 15 is 0 Å². The summed E-state index contributed by atoms with van der Waals surface area (Å²) in [6.45, 7) is 10.1. The minimum atomic E-state index is -0.929. The van der Waals surface area contributed by atoms with Crippen molar-refractivity contribution in [3.8, 4) is 11.1 Å². The van der Waals surface area contributed by atoms with Gasteiger partial charge in [-0.2, -0.15) is 0 Å². The average Bonchev–Trinajstić information content (AvgIpc) is 2.85. The first-order valence-corrected chi connectivity index (χ1v) is 13.6. The molecule has 7 heteroatoms. The summed E-state index contributed by atoms with van der Waals surface area (Å²) in [5.74, 6) is -0.929. The van der Waals surface area contributed by atoms with E-state index in [0.29, 0.717) is 18.5 Å². The van der Waals surface area contributed by atoms with Crippen LogP contribution in [0, 0.1) is 0 Å². The third-order valence-corrected chi connectivity index (χ3v) is 6.82. The fourth-order valence-electron chi connectivity index (χ4n) is 3.93. The van der Waals surface area contributed by atoms with Crippen LogP contribution in [0.2, 0.25) is 0 Å². The van der Waals surface area contributed by atoms with Crippen LogP contribution >= 0.6 is 11.8 Å². The number of hydrogen-bond donors (Lipinski definition) is 2. The number of benzene rings is 3. The van der Waals surface area contributed by atoms with Crippen molar-refractivity contribution >= 4 is 23.8 Å². The Morgan fingerprint density at radius 1 is 0.947 bits per heavy atom. The van der Waals surface area contributed by atoms with E-state index in [0.717, 1.165) is 27.1 Å². The van der Waals surface area contributed by atoms with Crippen LogP contribution in [0.5, 0.6) is 0 Å². The molecule has 0 aromatic heterocycles. The van der Waals surface area contributed by atoms with Gasteiger partial charge in [0.1, 0.15) is 5.60 Å². The van der Waals surface area contributed by atoms with E-state index in [2.05, 4.69) is 0 Å². The lowest BCUT2D eigenvalue weighted by Crippen LogP contribution is -2.40. The third-order valence-electron chi connectivity index (χ3n) is 5.76. The SMILES string of the molecule is CC(C)Sc1cc(-c2ccc(CCN(C[C@H](O)c3ccccc3)C(=O)OC(C)(C)C)cc2)ccc1C(=O)O. The largest absolute Gasteiger partial charge is 0.478 e. The van der Waals surface area contributed by atoms with Crippen LogP contribution in [-0.2, 0) is 11.2 Å². The quantitative estimate of drug-likeness (QED) is 0.270. The average molecular weight is 536 g/mol. The number of ether oxygens (including phenoxy) is 1. The Hall–Kier alpha value is -3.29. The molecule has 0 spiro atoms. The fourth-order valence-corrected chi connectivity index (χ4v) is 4.92. The van der Waals surface area contributed by atoms with E-state index in [1.54, 1.807) is 11.0 Å². The van der Waals surface area contributed by atoms with Gasteiger partial charge in [0.2, 0.25) is 0 Å². The summed E-state index contributed by atoms with van der Waals surface area (Å²) < 4.78 is 5.60. The van der Waals surface area contributed by atoms with Crippen molar-refractivity contribution in [2.45, 2.75) is 62.9 Å². The summed E-state index contributed by atoms with van der Waals surface area (Å²) >= 11 is 1.54. The van der Waals surface area contributed by atoms with Crippen LogP contribution in [-0.4, -0.2) is 51.1 Å². The van der Waals surface area contributed by atoms with Crippen LogP contribution in [0.3, 0.4) is 0 Å². The molecular weight excluding hydrogens is 498 g/mol. The molecule has 202 valence electrons. The molecule has 3 aromatic carbocycles. The zero-order valence-corrected chi connectivity index (χ0v) is 23.5. The van der Waals surface area contributed by atoms with Gasteiger partial charge < -0.3 is 19.8 Å². The second-order valence-electron chi connectivity index (χ2n) is 10.5. The fraction of sp³-hybridized carbons (Fsp3) is 0.355. The van der Waals surface area contributed by atoms with Crippen LogP contribution < -0.4 is 0 Å². The van der Waals surface area contributed by atoms with Gasteiger partial charge in [0.25, 0.3) is 0 Å². The summed E-state index contributed by atoms with van der Waals surface area (Å²) in [4.78, 5) is 26.8. The molecule has 0 aliphatic rings. The number of hydrogen-bond acceptors (Lipinski definition) is 5. The van der Waals surface area contributed by atoms with Crippen molar-refractivity contribution in [3.05, 3.63) is 89.5 Å². The van der Waals surface area contributed by atoms with Gasteiger partial charge in [0.05, 0.1) is 18.2 Å². The molecule has 0 aliphatic carbocycles. The Kier molecular flexibility index (Phi) is 10.00. The van der Waals surface area contributed by atoms with Gasteiger partial charge in [-0.15, -0.1) is 11.8 Å². The number of rotatable bonds is 10. The standard InChI is InChI=1S/C31H37NO5S/c1-21(2)38-28-19-25(15-16-26(28)29(34)35)23-13-11-22(12-14-23)17-18-32(30(36)37-31(3,4)5)20-27(33)24-9-7-6-8-10-24/h6-16,19,21,27,33H,17-18,20H2,1-5H3,(H,34,35)/t27-/m0/s1.